The highest BCUT2D eigenvalue weighted by atomic mass is 19.1. The summed E-state index contributed by atoms with van der Waals surface area (Å²) in [7, 11) is 1.69. The lowest BCUT2D eigenvalue weighted by Crippen LogP contribution is -2.33. The van der Waals surface area contributed by atoms with Gasteiger partial charge in [-0.1, -0.05) is 24.3 Å². The van der Waals surface area contributed by atoms with Crippen LogP contribution >= 0.6 is 0 Å². The van der Waals surface area contributed by atoms with E-state index in [4.69, 9.17) is 4.74 Å². The quantitative estimate of drug-likeness (QED) is 0.846. The van der Waals surface area contributed by atoms with Crippen molar-refractivity contribution < 1.29 is 9.13 Å². The van der Waals surface area contributed by atoms with Gasteiger partial charge in [0.25, 0.3) is 0 Å². The van der Waals surface area contributed by atoms with Crippen molar-refractivity contribution in [3.63, 3.8) is 0 Å². The van der Waals surface area contributed by atoms with Gasteiger partial charge in [-0.15, -0.1) is 0 Å². The first-order chi connectivity index (χ1) is 10.2. The average molecular weight is 285 g/mol. The van der Waals surface area contributed by atoms with Crippen LogP contribution in [-0.2, 0) is 13.0 Å². The molecule has 0 N–H and O–H groups in total. The molecule has 2 aromatic rings. The summed E-state index contributed by atoms with van der Waals surface area (Å²) in [6.07, 6.45) is 0.978. The van der Waals surface area contributed by atoms with E-state index in [2.05, 4.69) is 24.0 Å². The van der Waals surface area contributed by atoms with Crippen LogP contribution < -0.4 is 4.74 Å². The Hall–Kier alpha value is -1.87. The topological polar surface area (TPSA) is 12.5 Å². The van der Waals surface area contributed by atoms with Crippen molar-refractivity contribution >= 4 is 0 Å². The van der Waals surface area contributed by atoms with Crippen molar-refractivity contribution in [1.29, 1.82) is 0 Å². The van der Waals surface area contributed by atoms with Crippen LogP contribution in [0.3, 0.4) is 0 Å². The van der Waals surface area contributed by atoms with Gasteiger partial charge in [-0.3, -0.25) is 4.90 Å². The number of methoxy groups -OCH3 is 1. The average Bonchev–Trinajstić information content (AvgIpc) is 2.51. The van der Waals surface area contributed by atoms with E-state index in [9.17, 15) is 4.39 Å². The van der Waals surface area contributed by atoms with Crippen LogP contribution in [-0.4, -0.2) is 18.6 Å². The molecule has 2 nitrogen and oxygen atoms in total. The molecule has 3 rings (SSSR count). The smallest absolute Gasteiger partial charge is 0.127 e. The molecule has 0 aromatic heterocycles. The number of nitrogens with zero attached hydrogens (tertiary/aromatic N) is 1. The minimum absolute atomic E-state index is 0.120. The molecule has 0 bridgehead atoms. The van der Waals surface area contributed by atoms with E-state index >= 15 is 0 Å². The fraction of sp³-hybridized carbons (Fsp3) is 0.333. The zero-order chi connectivity index (χ0) is 14.8. The van der Waals surface area contributed by atoms with Gasteiger partial charge in [-0.25, -0.2) is 4.39 Å². The van der Waals surface area contributed by atoms with Crippen molar-refractivity contribution in [1.82, 2.24) is 4.90 Å². The van der Waals surface area contributed by atoms with Crippen molar-refractivity contribution in [2.45, 2.75) is 25.9 Å². The molecule has 0 saturated heterocycles. The number of benzene rings is 2. The van der Waals surface area contributed by atoms with Crippen LogP contribution in [0.15, 0.2) is 42.5 Å². The Morgan fingerprint density at radius 1 is 1.24 bits per heavy atom. The first kappa shape index (κ1) is 14.1. The van der Waals surface area contributed by atoms with Gasteiger partial charge in [0.1, 0.15) is 11.6 Å². The van der Waals surface area contributed by atoms with Gasteiger partial charge in [0.15, 0.2) is 0 Å². The Balaban J connectivity index is 1.82. The van der Waals surface area contributed by atoms with Crippen molar-refractivity contribution in [2.75, 3.05) is 13.7 Å². The minimum atomic E-state index is -0.120. The Morgan fingerprint density at radius 2 is 2.05 bits per heavy atom. The zero-order valence-corrected chi connectivity index (χ0v) is 12.5. The maximum absolute atomic E-state index is 13.8. The molecule has 1 atom stereocenters. The highest BCUT2D eigenvalue weighted by Crippen LogP contribution is 2.32. The van der Waals surface area contributed by atoms with Gasteiger partial charge in [0.2, 0.25) is 0 Å². The maximum atomic E-state index is 13.8. The predicted octanol–water partition coefficient (Wildman–Crippen LogP) is 3.95. The molecule has 110 valence electrons. The summed E-state index contributed by atoms with van der Waals surface area (Å²) in [4.78, 5) is 2.33. The predicted molar refractivity (Wildman–Crippen MR) is 81.9 cm³/mol. The summed E-state index contributed by atoms with van der Waals surface area (Å²) in [6.45, 7) is 3.78. The van der Waals surface area contributed by atoms with E-state index in [1.807, 2.05) is 18.2 Å². The van der Waals surface area contributed by atoms with Crippen LogP contribution in [0.5, 0.6) is 5.75 Å². The van der Waals surface area contributed by atoms with Crippen LogP contribution in [0, 0.1) is 5.82 Å². The van der Waals surface area contributed by atoms with E-state index in [0.29, 0.717) is 12.6 Å². The van der Waals surface area contributed by atoms with Crippen LogP contribution in [0.25, 0.3) is 0 Å². The molecular formula is C18H20FNO. The van der Waals surface area contributed by atoms with Gasteiger partial charge in [-0.05, 0) is 42.7 Å². The highest BCUT2D eigenvalue weighted by molar-refractivity contribution is 5.39. The Bertz CT molecular complexity index is 641. The van der Waals surface area contributed by atoms with E-state index in [-0.39, 0.29) is 5.82 Å². The molecule has 1 aliphatic rings. The lowest BCUT2D eigenvalue weighted by molar-refractivity contribution is 0.187. The maximum Gasteiger partial charge on any atom is 0.127 e. The molecule has 0 aliphatic carbocycles. The van der Waals surface area contributed by atoms with Crippen LogP contribution in [0.2, 0.25) is 0 Å². The molecule has 0 saturated carbocycles. The van der Waals surface area contributed by atoms with Crippen molar-refractivity contribution in [2.24, 2.45) is 0 Å². The van der Waals surface area contributed by atoms with Crippen LogP contribution in [0.1, 0.15) is 29.7 Å². The lowest BCUT2D eigenvalue weighted by Gasteiger charge is -2.35. The van der Waals surface area contributed by atoms with Gasteiger partial charge < -0.3 is 4.74 Å². The zero-order valence-electron chi connectivity index (χ0n) is 12.5. The minimum Gasteiger partial charge on any atom is -0.497 e. The van der Waals surface area contributed by atoms with E-state index < -0.39 is 0 Å². The number of fused-ring (bicyclic) bond motifs is 1. The second kappa shape index (κ2) is 5.86. The Labute approximate surface area is 125 Å². The summed E-state index contributed by atoms with van der Waals surface area (Å²) < 4.78 is 19.1. The molecule has 1 heterocycles. The number of ether oxygens (including phenoxy) is 1. The molecular weight excluding hydrogens is 265 g/mol. The Morgan fingerprint density at radius 3 is 2.81 bits per heavy atom. The van der Waals surface area contributed by atoms with E-state index in [1.54, 1.807) is 13.2 Å². The molecule has 3 heteroatoms. The van der Waals surface area contributed by atoms with E-state index in [0.717, 1.165) is 24.3 Å². The molecule has 1 unspecified atom stereocenters. The van der Waals surface area contributed by atoms with Gasteiger partial charge in [-0.2, -0.15) is 0 Å². The number of hydrogen-bond acceptors (Lipinski definition) is 2. The number of hydrogen-bond donors (Lipinski definition) is 0. The van der Waals surface area contributed by atoms with Crippen molar-refractivity contribution in [3.8, 4) is 5.75 Å². The normalized spacial score (nSPS) is 18.3. The summed E-state index contributed by atoms with van der Waals surface area (Å²) in [6, 6.07) is 13.6. The third kappa shape index (κ3) is 2.79. The molecule has 1 aliphatic heterocycles. The standard InChI is InChI=1S/C18H20FNO/c1-13-17-8-7-16(21-2)11-14(17)9-10-20(13)12-15-5-3-4-6-18(15)19/h3-8,11,13H,9-10,12H2,1-2H3. The molecule has 21 heavy (non-hydrogen) atoms. The molecule has 0 radical (unpaired) electrons. The second-order valence-corrected chi connectivity index (χ2v) is 5.55. The monoisotopic (exact) mass is 285 g/mol. The first-order valence-corrected chi connectivity index (χ1v) is 7.33. The summed E-state index contributed by atoms with van der Waals surface area (Å²) in [5.74, 6) is 0.786. The Kier molecular flexibility index (Phi) is 3.93. The highest BCUT2D eigenvalue weighted by Gasteiger charge is 2.24. The van der Waals surface area contributed by atoms with Crippen molar-refractivity contribution in [3.05, 3.63) is 65.0 Å². The fourth-order valence-corrected chi connectivity index (χ4v) is 3.05. The third-order valence-corrected chi connectivity index (χ3v) is 4.35. The second-order valence-electron chi connectivity index (χ2n) is 5.55. The lowest BCUT2D eigenvalue weighted by atomic mass is 9.93. The summed E-state index contributed by atoms with van der Waals surface area (Å²) in [5, 5.41) is 0. The number of rotatable bonds is 3. The first-order valence-electron chi connectivity index (χ1n) is 7.33. The number of halogens is 1. The summed E-state index contributed by atoms with van der Waals surface area (Å²) >= 11 is 0. The largest absolute Gasteiger partial charge is 0.497 e. The molecule has 2 aromatic carbocycles. The molecule has 0 amide bonds. The third-order valence-electron chi connectivity index (χ3n) is 4.35. The van der Waals surface area contributed by atoms with Crippen LogP contribution in [0.4, 0.5) is 4.39 Å². The van der Waals surface area contributed by atoms with Gasteiger partial charge in [0, 0.05) is 24.7 Å². The SMILES string of the molecule is COc1ccc2c(c1)CCN(Cc1ccccc1F)C2C. The fourth-order valence-electron chi connectivity index (χ4n) is 3.05. The molecule has 0 fully saturated rings. The molecule has 0 spiro atoms. The summed E-state index contributed by atoms with van der Waals surface area (Å²) in [5.41, 5.74) is 3.42. The van der Waals surface area contributed by atoms with Gasteiger partial charge in [0.05, 0.1) is 7.11 Å². The van der Waals surface area contributed by atoms with Gasteiger partial charge >= 0.3 is 0 Å². The van der Waals surface area contributed by atoms with E-state index in [1.165, 1.54) is 17.2 Å².